The van der Waals surface area contributed by atoms with E-state index in [0.717, 1.165) is 110 Å². The minimum atomic E-state index is 0.919. The summed E-state index contributed by atoms with van der Waals surface area (Å²) in [6.07, 6.45) is 9.40. The van der Waals surface area contributed by atoms with Crippen LogP contribution < -0.4 is 0 Å². The molecule has 0 aliphatic carbocycles. The Morgan fingerprint density at radius 3 is 0.718 bits per heavy atom. The van der Waals surface area contributed by atoms with Crippen LogP contribution in [-0.2, 0) is 0 Å². The number of para-hydroxylation sites is 6. The van der Waals surface area contributed by atoms with Crippen LogP contribution in [0.4, 0.5) is 0 Å². The van der Waals surface area contributed by atoms with Crippen molar-refractivity contribution in [2.75, 3.05) is 0 Å². The van der Waals surface area contributed by atoms with Gasteiger partial charge in [0.2, 0.25) is 0 Å². The summed E-state index contributed by atoms with van der Waals surface area (Å²) >= 11 is 0. The van der Waals surface area contributed by atoms with Crippen LogP contribution in [0.3, 0.4) is 0 Å². The van der Waals surface area contributed by atoms with Crippen LogP contribution in [0.25, 0.3) is 231 Å². The Morgan fingerprint density at radius 1 is 0.154 bits per heavy atom. The number of furan rings is 3. The Balaban J connectivity index is 0.000000106. The first-order valence-electron chi connectivity index (χ1n) is 39.7. The number of aromatic nitrogens is 3. The molecule has 0 N–H and O–H groups in total. The second-order valence-corrected chi connectivity index (χ2v) is 29.8. The summed E-state index contributed by atoms with van der Waals surface area (Å²) in [5.74, 6) is 0. The van der Waals surface area contributed by atoms with Crippen LogP contribution >= 0.6 is 0 Å². The summed E-state index contributed by atoms with van der Waals surface area (Å²) in [6.45, 7) is 0. The molecule has 24 rings (SSSR count). The molecule has 0 saturated carbocycles. The Hall–Kier alpha value is -15.6. The normalized spacial score (nSPS) is 11.6. The number of rotatable bonds is 9. The summed E-state index contributed by atoms with van der Waals surface area (Å²) < 4.78 is 19.0. The standard InChI is InChI=1S/3C37H23NO/c1-3-13-31-29(11-1)35(30-12-2-4-14-32(30)36(31)26-9-8-22-38-23-26)25-20-18-24(19-21-25)27-15-7-16-33-28-10-5-6-17-34(28)39-37(27)33;1-3-13-30-28(11-1)35(29-12-2-4-14-31(29)36(30)33-17-7-8-23-38-33)25-21-19-24(20-22-25)26-15-9-16-32-27-10-5-6-18-34(27)39-37(26)32;1-3-11-31-29(9-1)35(30-10-2-4-12-32(30)36(31)26-20-22-38-23-21-26)25-18-16-24(17-19-25)27-13-7-14-33-28-8-5-6-15-34(28)39-37(27)33/h3*1-23H. The van der Waals surface area contributed by atoms with Gasteiger partial charge in [0.15, 0.2) is 0 Å². The lowest BCUT2D eigenvalue weighted by atomic mass is 9.86. The van der Waals surface area contributed by atoms with Crippen LogP contribution in [-0.4, -0.2) is 15.0 Å². The van der Waals surface area contributed by atoms with Crippen molar-refractivity contribution in [2.24, 2.45) is 0 Å². The van der Waals surface area contributed by atoms with E-state index in [1.54, 1.807) is 0 Å². The first-order valence-corrected chi connectivity index (χ1v) is 39.7. The summed E-state index contributed by atoms with van der Waals surface area (Å²) in [5, 5.41) is 21.7. The lowest BCUT2D eigenvalue weighted by Gasteiger charge is -2.17. The van der Waals surface area contributed by atoms with Crippen LogP contribution in [0.15, 0.2) is 432 Å². The van der Waals surface area contributed by atoms with Crippen LogP contribution in [0.1, 0.15) is 0 Å². The van der Waals surface area contributed by atoms with E-state index in [1.807, 2.05) is 79.5 Å². The zero-order valence-corrected chi connectivity index (χ0v) is 63.4. The molecular weight excluding hydrogens is 1420 g/mol. The predicted octanol–water partition coefficient (Wildman–Crippen LogP) is 30.9. The maximum absolute atomic E-state index is 6.32. The van der Waals surface area contributed by atoms with Gasteiger partial charge in [-0.25, -0.2) is 0 Å². The van der Waals surface area contributed by atoms with E-state index < -0.39 is 0 Å². The van der Waals surface area contributed by atoms with Gasteiger partial charge in [0.1, 0.15) is 33.5 Å². The summed E-state index contributed by atoms with van der Waals surface area (Å²) in [6, 6.07) is 137. The number of fused-ring (bicyclic) bond motifs is 15. The van der Waals surface area contributed by atoms with Crippen molar-refractivity contribution in [3.05, 3.63) is 419 Å². The maximum atomic E-state index is 6.32. The van der Waals surface area contributed by atoms with Crippen molar-refractivity contribution in [1.29, 1.82) is 0 Å². The molecule has 6 aromatic heterocycles. The average Bonchev–Trinajstić information content (AvgIpc) is 1.69. The highest BCUT2D eigenvalue weighted by atomic mass is 16.3. The summed E-state index contributed by atoms with van der Waals surface area (Å²) in [4.78, 5) is 13.4. The fourth-order valence-electron chi connectivity index (χ4n) is 18.1. The molecule has 0 spiro atoms. The largest absolute Gasteiger partial charge is 0.455 e. The van der Waals surface area contributed by atoms with Gasteiger partial charge in [-0.05, 0) is 180 Å². The van der Waals surface area contributed by atoms with Crippen molar-refractivity contribution >= 4 is 130 Å². The highest BCUT2D eigenvalue weighted by Crippen LogP contribution is 2.49. The monoisotopic (exact) mass is 1490 g/mol. The highest BCUT2D eigenvalue weighted by molar-refractivity contribution is 6.25. The van der Waals surface area contributed by atoms with Gasteiger partial charge in [0.25, 0.3) is 0 Å². The van der Waals surface area contributed by atoms with E-state index in [1.165, 1.54) is 120 Å². The van der Waals surface area contributed by atoms with Crippen molar-refractivity contribution < 1.29 is 13.3 Å². The number of benzene rings is 18. The molecule has 0 atom stereocenters. The zero-order chi connectivity index (χ0) is 77.3. The molecule has 0 aliphatic rings. The molecule has 0 bridgehead atoms. The second kappa shape index (κ2) is 28.8. The smallest absolute Gasteiger partial charge is 0.143 e. The summed E-state index contributed by atoms with van der Waals surface area (Å²) in [5.41, 5.74) is 26.6. The molecule has 0 fully saturated rings. The highest BCUT2D eigenvalue weighted by Gasteiger charge is 2.23. The van der Waals surface area contributed by atoms with Crippen molar-refractivity contribution in [3.8, 4) is 100 Å². The molecule has 0 saturated heterocycles. The van der Waals surface area contributed by atoms with Crippen molar-refractivity contribution in [2.45, 2.75) is 0 Å². The van der Waals surface area contributed by atoms with E-state index >= 15 is 0 Å². The predicted molar refractivity (Wildman–Crippen MR) is 489 cm³/mol. The van der Waals surface area contributed by atoms with Gasteiger partial charge in [0.05, 0.1) is 5.69 Å². The Labute approximate surface area is 673 Å². The molecule has 0 aliphatic heterocycles. The van der Waals surface area contributed by atoms with E-state index in [-0.39, 0.29) is 0 Å². The minimum absolute atomic E-state index is 0.919. The van der Waals surface area contributed by atoms with Gasteiger partial charge in [-0.3, -0.25) is 15.0 Å². The Bertz CT molecular complexity index is 7050. The van der Waals surface area contributed by atoms with Gasteiger partial charge in [-0.15, -0.1) is 0 Å². The third-order valence-electron chi connectivity index (χ3n) is 23.3. The molecule has 6 heteroatoms. The number of pyridine rings is 3. The molecule has 117 heavy (non-hydrogen) atoms. The molecule has 6 heterocycles. The van der Waals surface area contributed by atoms with Gasteiger partial charge in [0, 0.05) is 91.1 Å². The number of hydrogen-bond donors (Lipinski definition) is 0. The first-order chi connectivity index (χ1) is 58.1. The molecule has 6 nitrogen and oxygen atoms in total. The maximum Gasteiger partial charge on any atom is 0.143 e. The van der Waals surface area contributed by atoms with Gasteiger partial charge in [-0.1, -0.05) is 340 Å². The number of nitrogens with zero attached hydrogens (tertiary/aromatic N) is 3. The molecule has 0 unspecified atom stereocenters. The third-order valence-corrected chi connectivity index (χ3v) is 23.3. The van der Waals surface area contributed by atoms with Crippen LogP contribution in [0.5, 0.6) is 0 Å². The lowest BCUT2D eigenvalue weighted by Crippen LogP contribution is -1.92. The molecule has 0 radical (unpaired) electrons. The average molecular weight is 1490 g/mol. The van der Waals surface area contributed by atoms with E-state index in [2.05, 4.69) is 350 Å². The van der Waals surface area contributed by atoms with Gasteiger partial charge in [-0.2, -0.15) is 0 Å². The van der Waals surface area contributed by atoms with Gasteiger partial charge >= 0.3 is 0 Å². The molecular formula is C111H69N3O3. The third kappa shape index (κ3) is 11.8. The SMILES string of the molecule is c1ccc(-c2c3ccccc3c(-c3ccc(-c4cccc5c4oc4ccccc45)cc3)c3ccccc23)nc1.c1ccc2c(c1)oc1c(-c3ccc(-c4c5ccccc5c(-c5ccncc5)c5ccccc45)cc3)cccc12.c1cncc(-c2c3ccccc3c(-c3ccc(-c4cccc5c4oc4ccccc45)cc3)c3ccccc23)c1. The second-order valence-electron chi connectivity index (χ2n) is 29.8. The van der Waals surface area contributed by atoms with E-state index in [4.69, 9.17) is 18.2 Å². The lowest BCUT2D eigenvalue weighted by molar-refractivity contribution is 0.669. The Morgan fingerprint density at radius 2 is 0.419 bits per heavy atom. The molecule has 24 aromatic rings. The molecule has 18 aromatic carbocycles. The fraction of sp³-hybridized carbons (Fsp3) is 0. The van der Waals surface area contributed by atoms with E-state index in [0.29, 0.717) is 0 Å². The molecule has 0 amide bonds. The minimum Gasteiger partial charge on any atom is -0.455 e. The van der Waals surface area contributed by atoms with Crippen molar-refractivity contribution in [3.63, 3.8) is 0 Å². The van der Waals surface area contributed by atoms with Crippen LogP contribution in [0, 0.1) is 0 Å². The first kappa shape index (κ1) is 68.2. The van der Waals surface area contributed by atoms with Crippen molar-refractivity contribution in [1.82, 2.24) is 15.0 Å². The Kier molecular flexibility index (Phi) is 16.8. The summed E-state index contributed by atoms with van der Waals surface area (Å²) in [7, 11) is 0. The molecule has 546 valence electrons. The van der Waals surface area contributed by atoms with E-state index in [9.17, 15) is 0 Å². The topological polar surface area (TPSA) is 78.1 Å². The number of hydrogen-bond acceptors (Lipinski definition) is 6. The fourth-order valence-corrected chi connectivity index (χ4v) is 18.1. The van der Waals surface area contributed by atoms with Crippen LogP contribution in [0.2, 0.25) is 0 Å². The quantitative estimate of drug-likeness (QED) is 0.134. The van der Waals surface area contributed by atoms with Gasteiger partial charge < -0.3 is 13.3 Å². The zero-order valence-electron chi connectivity index (χ0n) is 63.4.